The summed E-state index contributed by atoms with van der Waals surface area (Å²) in [7, 11) is 0. The van der Waals surface area contributed by atoms with Gasteiger partial charge in [-0.15, -0.1) is 11.3 Å². The Labute approximate surface area is 108 Å². The van der Waals surface area contributed by atoms with Gasteiger partial charge in [0.25, 0.3) is 5.56 Å². The molecular weight excluding hydrogens is 250 g/mol. The van der Waals surface area contributed by atoms with Crippen LogP contribution in [0.25, 0.3) is 0 Å². The maximum absolute atomic E-state index is 11.9. The SMILES string of the molecule is CCc1ccc(Cn2cccc(C(=O)O)c2=O)s1. The van der Waals surface area contributed by atoms with Crippen LogP contribution in [0.3, 0.4) is 0 Å². The van der Waals surface area contributed by atoms with Crippen LogP contribution in [0.15, 0.2) is 35.3 Å². The van der Waals surface area contributed by atoms with E-state index >= 15 is 0 Å². The van der Waals surface area contributed by atoms with Crippen LogP contribution in [0.4, 0.5) is 0 Å². The molecule has 0 aliphatic carbocycles. The lowest BCUT2D eigenvalue weighted by atomic mass is 10.3. The molecule has 0 fully saturated rings. The summed E-state index contributed by atoms with van der Waals surface area (Å²) in [6.07, 6.45) is 2.58. The van der Waals surface area contributed by atoms with E-state index in [0.29, 0.717) is 6.54 Å². The first-order valence-electron chi connectivity index (χ1n) is 5.62. The Hall–Kier alpha value is -1.88. The third kappa shape index (κ3) is 2.51. The third-order valence-corrected chi connectivity index (χ3v) is 3.86. The molecule has 5 heteroatoms. The predicted octanol–water partition coefficient (Wildman–Crippen LogP) is 2.22. The maximum Gasteiger partial charge on any atom is 0.341 e. The molecule has 0 bridgehead atoms. The highest BCUT2D eigenvalue weighted by Gasteiger charge is 2.10. The number of hydrogen-bond donors (Lipinski definition) is 1. The van der Waals surface area contributed by atoms with Crippen molar-refractivity contribution in [1.82, 2.24) is 4.57 Å². The molecule has 0 aliphatic heterocycles. The molecule has 94 valence electrons. The lowest BCUT2D eigenvalue weighted by Crippen LogP contribution is -2.25. The van der Waals surface area contributed by atoms with Gasteiger partial charge in [0.15, 0.2) is 0 Å². The van der Waals surface area contributed by atoms with Gasteiger partial charge in [0.2, 0.25) is 0 Å². The highest BCUT2D eigenvalue weighted by molar-refractivity contribution is 7.11. The fourth-order valence-corrected chi connectivity index (χ4v) is 2.65. The quantitative estimate of drug-likeness (QED) is 0.920. The van der Waals surface area contributed by atoms with Gasteiger partial charge in [0, 0.05) is 16.0 Å². The average Bonchev–Trinajstić information content (AvgIpc) is 2.79. The van der Waals surface area contributed by atoms with Gasteiger partial charge in [-0.2, -0.15) is 0 Å². The fraction of sp³-hybridized carbons (Fsp3) is 0.231. The molecule has 1 N–H and O–H groups in total. The smallest absolute Gasteiger partial charge is 0.341 e. The summed E-state index contributed by atoms with van der Waals surface area (Å²) in [5.41, 5.74) is -0.652. The molecule has 2 heterocycles. The van der Waals surface area contributed by atoms with Gasteiger partial charge >= 0.3 is 5.97 Å². The van der Waals surface area contributed by atoms with Gasteiger partial charge in [0.1, 0.15) is 5.56 Å². The molecule has 0 amide bonds. The Bertz CT molecular complexity index is 627. The van der Waals surface area contributed by atoms with E-state index < -0.39 is 11.5 Å². The van der Waals surface area contributed by atoms with Gasteiger partial charge in [0.05, 0.1) is 6.54 Å². The second kappa shape index (κ2) is 5.18. The minimum absolute atomic E-state index is 0.190. The second-order valence-electron chi connectivity index (χ2n) is 3.88. The average molecular weight is 263 g/mol. The highest BCUT2D eigenvalue weighted by Crippen LogP contribution is 2.17. The molecule has 0 aromatic carbocycles. The summed E-state index contributed by atoms with van der Waals surface area (Å²) in [6.45, 7) is 2.50. The number of aromatic carboxylic acids is 1. The number of rotatable bonds is 4. The van der Waals surface area contributed by atoms with E-state index in [0.717, 1.165) is 11.3 Å². The Kier molecular flexibility index (Phi) is 3.62. The molecular formula is C13H13NO3S. The van der Waals surface area contributed by atoms with Gasteiger partial charge < -0.3 is 9.67 Å². The van der Waals surface area contributed by atoms with Crippen LogP contribution >= 0.6 is 11.3 Å². The predicted molar refractivity (Wildman–Crippen MR) is 70.5 cm³/mol. The Morgan fingerprint density at radius 2 is 2.06 bits per heavy atom. The van der Waals surface area contributed by atoms with Crippen molar-refractivity contribution in [3.05, 3.63) is 56.1 Å². The molecule has 2 rings (SSSR count). The van der Waals surface area contributed by atoms with Gasteiger partial charge in [-0.3, -0.25) is 4.79 Å². The number of carboxylic acid groups (broad SMARTS) is 1. The van der Waals surface area contributed by atoms with E-state index in [4.69, 9.17) is 5.11 Å². The third-order valence-electron chi connectivity index (χ3n) is 2.64. The molecule has 0 saturated heterocycles. The summed E-state index contributed by atoms with van der Waals surface area (Å²) in [5.74, 6) is -1.19. The number of thiophene rings is 1. The van der Waals surface area contributed by atoms with Crippen molar-refractivity contribution in [2.24, 2.45) is 0 Å². The minimum Gasteiger partial charge on any atom is -0.477 e. The number of carbonyl (C=O) groups is 1. The van der Waals surface area contributed by atoms with Crippen molar-refractivity contribution in [3.63, 3.8) is 0 Å². The van der Waals surface area contributed by atoms with Crippen LogP contribution in [0.2, 0.25) is 0 Å². The lowest BCUT2D eigenvalue weighted by Gasteiger charge is -2.04. The summed E-state index contributed by atoms with van der Waals surface area (Å²) in [5, 5.41) is 8.89. The first kappa shape index (κ1) is 12.6. The van der Waals surface area contributed by atoms with E-state index in [2.05, 4.69) is 6.92 Å². The van der Waals surface area contributed by atoms with Crippen LogP contribution in [0.5, 0.6) is 0 Å². The summed E-state index contributed by atoms with van der Waals surface area (Å²) in [4.78, 5) is 25.1. The second-order valence-corrected chi connectivity index (χ2v) is 5.13. The topological polar surface area (TPSA) is 59.3 Å². The normalized spacial score (nSPS) is 10.5. The van der Waals surface area contributed by atoms with E-state index in [-0.39, 0.29) is 5.56 Å². The zero-order valence-corrected chi connectivity index (χ0v) is 10.7. The molecule has 0 unspecified atom stereocenters. The van der Waals surface area contributed by atoms with Crippen molar-refractivity contribution >= 4 is 17.3 Å². The van der Waals surface area contributed by atoms with Crippen LogP contribution in [0, 0.1) is 0 Å². The standard InChI is InChI=1S/C13H13NO3S/c1-2-9-5-6-10(18-9)8-14-7-3-4-11(12(14)15)13(16)17/h3-7H,2,8H2,1H3,(H,16,17). The number of hydrogen-bond acceptors (Lipinski definition) is 3. The summed E-state index contributed by atoms with van der Waals surface area (Å²) < 4.78 is 1.43. The van der Waals surface area contributed by atoms with Crippen molar-refractivity contribution in [2.75, 3.05) is 0 Å². The van der Waals surface area contributed by atoms with Crippen molar-refractivity contribution in [2.45, 2.75) is 19.9 Å². The molecule has 4 nitrogen and oxygen atoms in total. The van der Waals surface area contributed by atoms with E-state index in [1.807, 2.05) is 12.1 Å². The monoisotopic (exact) mass is 263 g/mol. The summed E-state index contributed by atoms with van der Waals surface area (Å²) >= 11 is 1.64. The number of nitrogens with zero attached hydrogens (tertiary/aromatic N) is 1. The Morgan fingerprint density at radius 3 is 2.67 bits per heavy atom. The van der Waals surface area contributed by atoms with Crippen molar-refractivity contribution in [1.29, 1.82) is 0 Å². The number of aryl methyl sites for hydroxylation is 1. The van der Waals surface area contributed by atoms with Gasteiger partial charge in [-0.05, 0) is 30.7 Å². The lowest BCUT2D eigenvalue weighted by molar-refractivity contribution is 0.0694. The molecule has 2 aromatic rings. The van der Waals surface area contributed by atoms with Crippen molar-refractivity contribution < 1.29 is 9.90 Å². The molecule has 0 spiro atoms. The van der Waals surface area contributed by atoms with Crippen molar-refractivity contribution in [3.8, 4) is 0 Å². The number of aromatic nitrogens is 1. The van der Waals surface area contributed by atoms with Gasteiger partial charge in [-0.25, -0.2) is 4.79 Å². The van der Waals surface area contributed by atoms with Crippen LogP contribution in [0.1, 0.15) is 27.0 Å². The molecule has 0 aliphatic rings. The number of carboxylic acids is 1. The van der Waals surface area contributed by atoms with Crippen LogP contribution in [-0.4, -0.2) is 15.6 Å². The Balaban J connectivity index is 2.32. The molecule has 18 heavy (non-hydrogen) atoms. The molecule has 2 aromatic heterocycles. The fourth-order valence-electron chi connectivity index (χ4n) is 1.69. The summed E-state index contributed by atoms with van der Waals surface area (Å²) in [6, 6.07) is 6.92. The van der Waals surface area contributed by atoms with E-state index in [9.17, 15) is 9.59 Å². The first-order chi connectivity index (χ1) is 8.61. The number of pyridine rings is 1. The van der Waals surface area contributed by atoms with E-state index in [1.54, 1.807) is 23.6 Å². The minimum atomic E-state index is -1.19. The van der Waals surface area contributed by atoms with Crippen LogP contribution < -0.4 is 5.56 Å². The van der Waals surface area contributed by atoms with Crippen LogP contribution in [-0.2, 0) is 13.0 Å². The molecule has 0 radical (unpaired) electrons. The zero-order valence-electron chi connectivity index (χ0n) is 9.92. The first-order valence-corrected chi connectivity index (χ1v) is 6.43. The van der Waals surface area contributed by atoms with E-state index in [1.165, 1.54) is 15.5 Å². The maximum atomic E-state index is 11.9. The highest BCUT2D eigenvalue weighted by atomic mass is 32.1. The largest absolute Gasteiger partial charge is 0.477 e. The zero-order chi connectivity index (χ0) is 13.1. The Morgan fingerprint density at radius 1 is 1.33 bits per heavy atom. The molecule has 0 saturated carbocycles. The molecule has 0 atom stereocenters. The van der Waals surface area contributed by atoms with Gasteiger partial charge in [-0.1, -0.05) is 6.92 Å².